The van der Waals surface area contributed by atoms with Crippen LogP contribution in [0.25, 0.3) is 0 Å². The summed E-state index contributed by atoms with van der Waals surface area (Å²) in [7, 11) is 1.47. The number of nitrogens with zero attached hydrogens (tertiary/aromatic N) is 1. The number of nitrogens with one attached hydrogen (secondary N) is 1. The van der Waals surface area contributed by atoms with Gasteiger partial charge in [0.25, 0.3) is 5.91 Å². The molecule has 4 rings (SSSR count). The number of rotatable bonds is 3. The molecule has 0 unspecified atom stereocenters. The van der Waals surface area contributed by atoms with Crippen LogP contribution in [0.4, 0.5) is 4.39 Å². The summed E-state index contributed by atoms with van der Waals surface area (Å²) in [5.74, 6) is 0.198. The van der Waals surface area contributed by atoms with Crippen molar-refractivity contribution in [2.24, 2.45) is 11.8 Å². The molecule has 0 saturated carbocycles. The highest BCUT2D eigenvalue weighted by Gasteiger charge is 2.47. The Hall–Kier alpha value is -2.11. The van der Waals surface area contributed by atoms with Gasteiger partial charge in [-0.25, -0.2) is 4.39 Å². The van der Waals surface area contributed by atoms with Crippen molar-refractivity contribution in [2.45, 2.75) is 13.0 Å². The maximum Gasteiger partial charge on any atom is 0.261 e. The number of methoxy groups -OCH3 is 1. The van der Waals surface area contributed by atoms with Crippen LogP contribution < -0.4 is 10.1 Å². The minimum Gasteiger partial charge on any atom is -0.496 e. The summed E-state index contributed by atoms with van der Waals surface area (Å²) in [6.07, 6.45) is 0. The smallest absolute Gasteiger partial charge is 0.261 e. The number of likely N-dealkylation sites (tertiary alicyclic amines) is 1. The molecule has 144 valence electrons. The number of benzene rings is 2. The predicted octanol–water partition coefficient (Wildman–Crippen LogP) is 3.60. The minimum absolute atomic E-state index is 0. The molecule has 0 aliphatic carbocycles. The first-order chi connectivity index (χ1) is 12.6. The van der Waals surface area contributed by atoms with Crippen LogP contribution in [0.15, 0.2) is 42.5 Å². The number of carbonyl (C=O) groups is 1. The topological polar surface area (TPSA) is 41.6 Å². The summed E-state index contributed by atoms with van der Waals surface area (Å²) >= 11 is 0. The minimum atomic E-state index is -0.534. The van der Waals surface area contributed by atoms with Crippen LogP contribution in [-0.4, -0.2) is 37.6 Å². The van der Waals surface area contributed by atoms with Gasteiger partial charge in [-0.1, -0.05) is 30.3 Å². The zero-order valence-corrected chi connectivity index (χ0v) is 16.3. The van der Waals surface area contributed by atoms with Crippen LogP contribution in [0.1, 0.15) is 27.5 Å². The molecule has 1 N–H and O–H groups in total. The average molecular weight is 391 g/mol. The molecule has 2 aliphatic heterocycles. The maximum atomic E-state index is 14.5. The molecule has 4 nitrogen and oxygen atoms in total. The molecule has 2 heterocycles. The van der Waals surface area contributed by atoms with E-state index in [9.17, 15) is 9.18 Å². The van der Waals surface area contributed by atoms with Crippen molar-refractivity contribution in [3.05, 3.63) is 65.0 Å². The fourth-order valence-electron chi connectivity index (χ4n) is 4.47. The number of fused-ring (bicyclic) bond motifs is 1. The molecule has 6 heteroatoms. The lowest BCUT2D eigenvalue weighted by atomic mass is 9.87. The molecule has 0 radical (unpaired) electrons. The summed E-state index contributed by atoms with van der Waals surface area (Å²) < 4.78 is 19.8. The number of ether oxygens (including phenoxy) is 1. The summed E-state index contributed by atoms with van der Waals surface area (Å²) in [6.45, 7) is 4.47. The molecule has 1 amide bonds. The van der Waals surface area contributed by atoms with E-state index in [1.165, 1.54) is 13.2 Å². The van der Waals surface area contributed by atoms with Crippen molar-refractivity contribution in [1.82, 2.24) is 10.2 Å². The standard InChI is InChI=1S/C21H23FN2O2.ClH/c1-13-6-3-4-7-15(13)20-16-11-23-10-14(16)12-24(20)21(25)19-17(22)8-5-9-18(19)26-2;/h3-9,14,16,20,23H,10-12H2,1-2H3;1H/t14-,16-,20+;/m0./s1. The van der Waals surface area contributed by atoms with E-state index in [-0.39, 0.29) is 35.7 Å². The van der Waals surface area contributed by atoms with E-state index in [2.05, 4.69) is 24.4 Å². The zero-order valence-electron chi connectivity index (χ0n) is 15.4. The third kappa shape index (κ3) is 3.30. The van der Waals surface area contributed by atoms with Crippen LogP contribution in [0.3, 0.4) is 0 Å². The maximum absolute atomic E-state index is 14.5. The monoisotopic (exact) mass is 390 g/mol. The van der Waals surface area contributed by atoms with Crippen molar-refractivity contribution in [3.8, 4) is 5.75 Å². The van der Waals surface area contributed by atoms with E-state index >= 15 is 0 Å². The second kappa shape index (κ2) is 7.87. The molecule has 2 aromatic rings. The fourth-order valence-corrected chi connectivity index (χ4v) is 4.47. The normalized spacial score (nSPS) is 23.7. The molecular formula is C21H24ClFN2O2. The van der Waals surface area contributed by atoms with Gasteiger partial charge in [0, 0.05) is 25.6 Å². The Kier molecular flexibility index (Phi) is 5.72. The Morgan fingerprint density at radius 3 is 2.70 bits per heavy atom. The van der Waals surface area contributed by atoms with E-state index in [1.54, 1.807) is 12.1 Å². The molecule has 2 saturated heterocycles. The number of hydrogen-bond acceptors (Lipinski definition) is 3. The first-order valence-electron chi connectivity index (χ1n) is 9.01. The number of amides is 1. The highest BCUT2D eigenvalue weighted by Crippen LogP contribution is 2.44. The van der Waals surface area contributed by atoms with Gasteiger partial charge in [-0.15, -0.1) is 12.4 Å². The fraction of sp³-hybridized carbons (Fsp3) is 0.381. The second-order valence-corrected chi connectivity index (χ2v) is 7.16. The first kappa shape index (κ1) is 19.6. The lowest BCUT2D eigenvalue weighted by molar-refractivity contribution is 0.0705. The molecule has 0 aromatic heterocycles. The molecule has 27 heavy (non-hydrogen) atoms. The number of halogens is 2. The summed E-state index contributed by atoms with van der Waals surface area (Å²) in [4.78, 5) is 15.2. The van der Waals surface area contributed by atoms with Gasteiger partial charge >= 0.3 is 0 Å². The molecule has 3 atom stereocenters. The van der Waals surface area contributed by atoms with Crippen molar-refractivity contribution in [3.63, 3.8) is 0 Å². The number of hydrogen-bond donors (Lipinski definition) is 1. The van der Waals surface area contributed by atoms with Crippen LogP contribution in [-0.2, 0) is 0 Å². The molecule has 2 aromatic carbocycles. The van der Waals surface area contributed by atoms with Gasteiger partial charge in [-0.05, 0) is 36.1 Å². The summed E-state index contributed by atoms with van der Waals surface area (Å²) in [5.41, 5.74) is 2.33. The lowest BCUT2D eigenvalue weighted by Crippen LogP contribution is -2.35. The Morgan fingerprint density at radius 1 is 1.19 bits per heavy atom. The molecular weight excluding hydrogens is 367 g/mol. The third-order valence-corrected chi connectivity index (χ3v) is 5.74. The number of carbonyl (C=O) groups excluding carboxylic acids is 1. The van der Waals surface area contributed by atoms with Crippen molar-refractivity contribution in [2.75, 3.05) is 26.7 Å². The largest absolute Gasteiger partial charge is 0.496 e. The van der Waals surface area contributed by atoms with Gasteiger partial charge in [-0.3, -0.25) is 4.79 Å². The van der Waals surface area contributed by atoms with E-state index in [0.29, 0.717) is 18.4 Å². The molecule has 2 fully saturated rings. The number of aryl methyl sites for hydroxylation is 1. The highest BCUT2D eigenvalue weighted by atomic mass is 35.5. The van der Waals surface area contributed by atoms with Gasteiger partial charge < -0.3 is 15.0 Å². The quantitative estimate of drug-likeness (QED) is 0.870. The Balaban J connectivity index is 0.00000210. The van der Waals surface area contributed by atoms with Crippen molar-refractivity contribution >= 4 is 18.3 Å². The predicted molar refractivity (Wildman–Crippen MR) is 105 cm³/mol. The SMILES string of the molecule is COc1cccc(F)c1C(=O)N1C[C@@H]2CNC[C@@H]2[C@H]1c1ccccc1C.Cl. The van der Waals surface area contributed by atoms with E-state index in [4.69, 9.17) is 4.74 Å². The summed E-state index contributed by atoms with van der Waals surface area (Å²) in [6, 6.07) is 12.6. The van der Waals surface area contributed by atoms with Gasteiger partial charge in [0.15, 0.2) is 0 Å². The van der Waals surface area contributed by atoms with E-state index in [1.807, 2.05) is 17.0 Å². The molecule has 2 aliphatic rings. The van der Waals surface area contributed by atoms with Crippen molar-refractivity contribution in [1.29, 1.82) is 0 Å². The van der Waals surface area contributed by atoms with Gasteiger partial charge in [0.05, 0.1) is 13.2 Å². The van der Waals surface area contributed by atoms with Gasteiger partial charge in [0.2, 0.25) is 0 Å². The van der Waals surface area contributed by atoms with Crippen LogP contribution in [0.2, 0.25) is 0 Å². The first-order valence-corrected chi connectivity index (χ1v) is 9.01. The Morgan fingerprint density at radius 2 is 1.96 bits per heavy atom. The zero-order chi connectivity index (χ0) is 18.3. The van der Waals surface area contributed by atoms with E-state index in [0.717, 1.165) is 24.2 Å². The van der Waals surface area contributed by atoms with Crippen LogP contribution in [0.5, 0.6) is 5.75 Å². The second-order valence-electron chi connectivity index (χ2n) is 7.16. The van der Waals surface area contributed by atoms with Crippen LogP contribution >= 0.6 is 12.4 Å². The lowest BCUT2D eigenvalue weighted by Gasteiger charge is -2.30. The van der Waals surface area contributed by atoms with Gasteiger partial charge in [-0.2, -0.15) is 0 Å². The Bertz CT molecular complexity index is 845. The van der Waals surface area contributed by atoms with Crippen LogP contribution in [0, 0.1) is 24.6 Å². The van der Waals surface area contributed by atoms with Crippen molar-refractivity contribution < 1.29 is 13.9 Å². The highest BCUT2D eigenvalue weighted by molar-refractivity contribution is 5.97. The summed E-state index contributed by atoms with van der Waals surface area (Å²) in [5, 5.41) is 3.44. The molecule has 0 bridgehead atoms. The Labute approximate surface area is 165 Å². The molecule has 0 spiro atoms. The third-order valence-electron chi connectivity index (χ3n) is 5.74. The van der Waals surface area contributed by atoms with Gasteiger partial charge in [0.1, 0.15) is 17.1 Å². The van der Waals surface area contributed by atoms with E-state index < -0.39 is 5.82 Å². The average Bonchev–Trinajstić information content (AvgIpc) is 3.22.